The third-order valence-corrected chi connectivity index (χ3v) is 3.10. The molecular formula is C13H17N3O. The van der Waals surface area contributed by atoms with Crippen molar-refractivity contribution >= 4 is 0 Å². The van der Waals surface area contributed by atoms with E-state index in [2.05, 4.69) is 5.10 Å². The summed E-state index contributed by atoms with van der Waals surface area (Å²) in [7, 11) is 0. The Labute approximate surface area is 101 Å². The second kappa shape index (κ2) is 4.69. The molecule has 0 saturated carbocycles. The van der Waals surface area contributed by atoms with Gasteiger partial charge in [-0.2, -0.15) is 5.10 Å². The maximum absolute atomic E-state index is 9.40. The van der Waals surface area contributed by atoms with Gasteiger partial charge in [0.15, 0.2) is 0 Å². The van der Waals surface area contributed by atoms with Crippen molar-refractivity contribution in [2.45, 2.75) is 12.3 Å². The van der Waals surface area contributed by atoms with Gasteiger partial charge < -0.3 is 10.8 Å². The Balaban J connectivity index is 2.34. The summed E-state index contributed by atoms with van der Waals surface area (Å²) >= 11 is 0. The summed E-state index contributed by atoms with van der Waals surface area (Å²) in [6, 6.07) is 9.85. The Morgan fingerprint density at radius 2 is 2.06 bits per heavy atom. The Hall–Kier alpha value is -1.65. The van der Waals surface area contributed by atoms with Gasteiger partial charge in [-0.1, -0.05) is 25.1 Å². The zero-order chi connectivity index (χ0) is 12.3. The molecule has 2 aromatic rings. The van der Waals surface area contributed by atoms with Crippen LogP contribution in [0, 0.1) is 0 Å². The molecule has 0 aliphatic heterocycles. The molecule has 0 aliphatic carbocycles. The van der Waals surface area contributed by atoms with Crippen LogP contribution in [0.1, 0.15) is 12.5 Å². The molecule has 4 nitrogen and oxygen atoms in total. The fraction of sp³-hybridized carbons (Fsp3) is 0.308. The van der Waals surface area contributed by atoms with E-state index >= 15 is 0 Å². The molecule has 0 bridgehead atoms. The smallest absolute Gasteiger partial charge is 0.0645 e. The van der Waals surface area contributed by atoms with Crippen molar-refractivity contribution in [1.29, 1.82) is 0 Å². The minimum absolute atomic E-state index is 0.0178. The maximum Gasteiger partial charge on any atom is 0.0645 e. The van der Waals surface area contributed by atoms with Gasteiger partial charge in [0.2, 0.25) is 0 Å². The molecule has 0 aliphatic rings. The lowest BCUT2D eigenvalue weighted by molar-refractivity contribution is 0.210. The van der Waals surface area contributed by atoms with Gasteiger partial charge in [0.05, 0.1) is 18.5 Å². The molecule has 1 atom stereocenters. The molecule has 1 aromatic heterocycles. The summed E-state index contributed by atoms with van der Waals surface area (Å²) in [6.07, 6.45) is 3.68. The quantitative estimate of drug-likeness (QED) is 0.827. The fourth-order valence-electron chi connectivity index (χ4n) is 1.63. The highest BCUT2D eigenvalue weighted by Crippen LogP contribution is 2.22. The lowest BCUT2D eigenvalue weighted by Crippen LogP contribution is -2.35. The van der Waals surface area contributed by atoms with Crippen molar-refractivity contribution < 1.29 is 5.11 Å². The van der Waals surface area contributed by atoms with Crippen LogP contribution in [0.4, 0.5) is 0 Å². The molecule has 17 heavy (non-hydrogen) atoms. The van der Waals surface area contributed by atoms with E-state index in [-0.39, 0.29) is 6.61 Å². The number of aliphatic hydroxyl groups is 1. The van der Waals surface area contributed by atoms with Crippen molar-refractivity contribution in [3.8, 4) is 5.69 Å². The number of para-hydroxylation sites is 1. The molecular weight excluding hydrogens is 214 g/mol. The van der Waals surface area contributed by atoms with Crippen LogP contribution in [-0.2, 0) is 5.41 Å². The molecule has 1 unspecified atom stereocenters. The van der Waals surface area contributed by atoms with E-state index in [1.54, 1.807) is 10.9 Å². The number of rotatable bonds is 4. The number of hydrogen-bond donors (Lipinski definition) is 2. The first-order valence-corrected chi connectivity index (χ1v) is 5.61. The number of benzene rings is 1. The predicted molar refractivity (Wildman–Crippen MR) is 67.1 cm³/mol. The van der Waals surface area contributed by atoms with Gasteiger partial charge in [-0.25, -0.2) is 4.68 Å². The van der Waals surface area contributed by atoms with E-state index in [4.69, 9.17) is 5.73 Å². The van der Waals surface area contributed by atoms with Crippen LogP contribution >= 0.6 is 0 Å². The zero-order valence-electron chi connectivity index (χ0n) is 9.87. The molecule has 0 radical (unpaired) electrons. The molecule has 1 aromatic carbocycles. The van der Waals surface area contributed by atoms with Gasteiger partial charge in [-0.05, 0) is 17.7 Å². The molecule has 1 heterocycles. The molecule has 0 spiro atoms. The second-order valence-electron chi connectivity index (χ2n) is 4.43. The van der Waals surface area contributed by atoms with E-state index in [1.165, 1.54) is 0 Å². The van der Waals surface area contributed by atoms with Gasteiger partial charge in [-0.3, -0.25) is 0 Å². The van der Waals surface area contributed by atoms with Crippen molar-refractivity contribution in [3.63, 3.8) is 0 Å². The zero-order valence-corrected chi connectivity index (χ0v) is 9.87. The van der Waals surface area contributed by atoms with Gasteiger partial charge in [0.1, 0.15) is 0 Å². The second-order valence-corrected chi connectivity index (χ2v) is 4.43. The summed E-state index contributed by atoms with van der Waals surface area (Å²) < 4.78 is 1.79. The van der Waals surface area contributed by atoms with Gasteiger partial charge in [0.25, 0.3) is 0 Å². The van der Waals surface area contributed by atoms with E-state index < -0.39 is 5.41 Å². The van der Waals surface area contributed by atoms with Crippen LogP contribution in [0.2, 0.25) is 0 Å². The Morgan fingerprint density at radius 1 is 1.35 bits per heavy atom. The minimum Gasteiger partial charge on any atom is -0.395 e. The largest absolute Gasteiger partial charge is 0.395 e. The minimum atomic E-state index is -0.424. The van der Waals surface area contributed by atoms with Gasteiger partial charge >= 0.3 is 0 Å². The Kier molecular flexibility index (Phi) is 3.26. The first-order chi connectivity index (χ1) is 8.19. The highest BCUT2D eigenvalue weighted by molar-refractivity contribution is 5.32. The summed E-state index contributed by atoms with van der Waals surface area (Å²) in [5.74, 6) is 0. The van der Waals surface area contributed by atoms with Crippen LogP contribution in [-0.4, -0.2) is 28.0 Å². The van der Waals surface area contributed by atoms with Crippen LogP contribution in [0.25, 0.3) is 5.69 Å². The van der Waals surface area contributed by atoms with Crippen LogP contribution in [0.15, 0.2) is 42.7 Å². The summed E-state index contributed by atoms with van der Waals surface area (Å²) in [5.41, 5.74) is 7.22. The van der Waals surface area contributed by atoms with E-state index in [0.29, 0.717) is 6.54 Å². The highest BCUT2D eigenvalue weighted by Gasteiger charge is 2.25. The van der Waals surface area contributed by atoms with Crippen LogP contribution < -0.4 is 5.73 Å². The van der Waals surface area contributed by atoms with Crippen molar-refractivity contribution in [3.05, 3.63) is 48.3 Å². The lowest BCUT2D eigenvalue weighted by atomic mass is 9.86. The monoisotopic (exact) mass is 231 g/mol. The topological polar surface area (TPSA) is 64.1 Å². The van der Waals surface area contributed by atoms with Crippen molar-refractivity contribution in [1.82, 2.24) is 9.78 Å². The number of hydrogen-bond acceptors (Lipinski definition) is 3. The Morgan fingerprint density at radius 3 is 2.65 bits per heavy atom. The van der Waals surface area contributed by atoms with Gasteiger partial charge in [0, 0.05) is 18.2 Å². The third kappa shape index (κ3) is 2.23. The highest BCUT2D eigenvalue weighted by atomic mass is 16.3. The number of aliphatic hydroxyl groups excluding tert-OH is 1. The molecule has 3 N–H and O–H groups in total. The normalized spacial score (nSPS) is 14.5. The molecule has 0 saturated heterocycles. The van der Waals surface area contributed by atoms with Crippen LogP contribution in [0.5, 0.6) is 0 Å². The van der Waals surface area contributed by atoms with Crippen LogP contribution in [0.3, 0.4) is 0 Å². The molecule has 0 fully saturated rings. The van der Waals surface area contributed by atoms with E-state index in [1.807, 2.05) is 43.5 Å². The first kappa shape index (κ1) is 11.8. The molecule has 2 rings (SSSR count). The van der Waals surface area contributed by atoms with Crippen molar-refractivity contribution in [2.24, 2.45) is 5.73 Å². The third-order valence-electron chi connectivity index (χ3n) is 3.10. The average molecular weight is 231 g/mol. The summed E-state index contributed by atoms with van der Waals surface area (Å²) in [4.78, 5) is 0. The van der Waals surface area contributed by atoms with Gasteiger partial charge in [-0.15, -0.1) is 0 Å². The molecule has 4 heteroatoms. The summed E-state index contributed by atoms with van der Waals surface area (Å²) in [6.45, 7) is 2.34. The fourth-order valence-corrected chi connectivity index (χ4v) is 1.63. The maximum atomic E-state index is 9.40. The van der Waals surface area contributed by atoms with Crippen molar-refractivity contribution in [2.75, 3.05) is 13.2 Å². The number of aromatic nitrogens is 2. The standard InChI is InChI=1S/C13H17N3O/c1-13(9-14,10-17)11-7-15-16(8-11)12-5-3-2-4-6-12/h2-8,17H,9-10,14H2,1H3. The number of nitrogens with two attached hydrogens (primary N) is 1. The SMILES string of the molecule is CC(CN)(CO)c1cnn(-c2ccccc2)c1. The Bertz CT molecular complexity index is 474. The molecule has 0 amide bonds. The van der Waals surface area contributed by atoms with E-state index in [9.17, 15) is 5.11 Å². The first-order valence-electron chi connectivity index (χ1n) is 5.61. The molecule has 90 valence electrons. The van der Waals surface area contributed by atoms with E-state index in [0.717, 1.165) is 11.3 Å². The number of nitrogens with zero attached hydrogens (tertiary/aromatic N) is 2. The predicted octanol–water partition coefficient (Wildman–Crippen LogP) is 1.08. The summed E-state index contributed by atoms with van der Waals surface area (Å²) in [5, 5.41) is 13.7. The average Bonchev–Trinajstić information content (AvgIpc) is 2.89. The lowest BCUT2D eigenvalue weighted by Gasteiger charge is -2.23.